The van der Waals surface area contributed by atoms with Crippen molar-refractivity contribution in [1.29, 1.82) is 0 Å². The molecule has 0 amide bonds. The first kappa shape index (κ1) is 20.0. The Morgan fingerprint density at radius 3 is 2.14 bits per heavy atom. The maximum Gasteiger partial charge on any atom is 0.349 e. The van der Waals surface area contributed by atoms with Crippen LogP contribution in [0.5, 0.6) is 23.0 Å². The van der Waals surface area contributed by atoms with Crippen LogP contribution in [0.2, 0.25) is 0 Å². The van der Waals surface area contributed by atoms with Gasteiger partial charge in [-0.3, -0.25) is 0 Å². The summed E-state index contributed by atoms with van der Waals surface area (Å²) in [5, 5.41) is 0. The number of hydrogen-bond acceptors (Lipinski definition) is 5. The fraction of sp³-hybridized carbons (Fsp3) is 0.125. The molecule has 0 bridgehead atoms. The zero-order chi connectivity index (χ0) is 20.5. The minimum absolute atomic E-state index is 0.217. The molecular formula is C24H22O5. The van der Waals surface area contributed by atoms with Crippen LogP contribution in [0.25, 0.3) is 12.2 Å². The summed E-state index contributed by atoms with van der Waals surface area (Å²) >= 11 is 0. The van der Waals surface area contributed by atoms with Crippen molar-refractivity contribution in [2.24, 2.45) is 0 Å². The molecule has 0 unspecified atom stereocenters. The first-order valence-corrected chi connectivity index (χ1v) is 9.06. The molecule has 5 heteroatoms. The predicted octanol–water partition coefficient (Wildman–Crippen LogP) is 4.86. The molecular weight excluding hydrogens is 368 g/mol. The van der Waals surface area contributed by atoms with Gasteiger partial charge in [0.15, 0.2) is 18.1 Å². The Morgan fingerprint density at radius 2 is 1.45 bits per heavy atom. The van der Waals surface area contributed by atoms with Crippen LogP contribution in [-0.4, -0.2) is 26.8 Å². The fourth-order valence-corrected chi connectivity index (χ4v) is 2.60. The number of esters is 1. The van der Waals surface area contributed by atoms with Crippen LogP contribution >= 0.6 is 0 Å². The Labute approximate surface area is 170 Å². The molecule has 0 aromatic heterocycles. The summed E-state index contributed by atoms with van der Waals surface area (Å²) in [7, 11) is 3.12. The van der Waals surface area contributed by atoms with Crippen molar-refractivity contribution in [1.82, 2.24) is 0 Å². The molecule has 0 heterocycles. The van der Waals surface area contributed by atoms with Gasteiger partial charge in [-0.15, -0.1) is 0 Å². The number of carbonyl (C=O) groups excluding carboxylic acids is 1. The molecule has 3 rings (SSSR count). The molecule has 3 aromatic rings. The summed E-state index contributed by atoms with van der Waals surface area (Å²) in [6.45, 7) is -0.217. The van der Waals surface area contributed by atoms with Crippen LogP contribution in [0.15, 0.2) is 72.8 Å². The Balaban J connectivity index is 1.60. The predicted molar refractivity (Wildman–Crippen MR) is 112 cm³/mol. The molecule has 0 atom stereocenters. The van der Waals surface area contributed by atoms with Gasteiger partial charge < -0.3 is 18.9 Å². The molecule has 0 radical (unpaired) electrons. The molecule has 0 spiro atoms. The molecule has 5 nitrogen and oxygen atoms in total. The van der Waals surface area contributed by atoms with Gasteiger partial charge in [-0.25, -0.2) is 4.79 Å². The smallest absolute Gasteiger partial charge is 0.349 e. The highest BCUT2D eigenvalue weighted by molar-refractivity contribution is 5.76. The Morgan fingerprint density at radius 1 is 0.759 bits per heavy atom. The molecule has 0 saturated carbocycles. The van der Waals surface area contributed by atoms with Crippen molar-refractivity contribution >= 4 is 18.1 Å². The number of benzene rings is 3. The van der Waals surface area contributed by atoms with E-state index >= 15 is 0 Å². The number of methoxy groups -OCH3 is 2. The maximum atomic E-state index is 12.1. The first-order chi connectivity index (χ1) is 14.2. The SMILES string of the molecule is COc1ccc(OCC(=O)Oc2ccc(C=Cc3ccccc3)cc2OC)cc1. The summed E-state index contributed by atoms with van der Waals surface area (Å²) in [6.07, 6.45) is 3.97. The van der Waals surface area contributed by atoms with Crippen molar-refractivity contribution in [2.75, 3.05) is 20.8 Å². The van der Waals surface area contributed by atoms with Crippen molar-refractivity contribution in [3.63, 3.8) is 0 Å². The van der Waals surface area contributed by atoms with Gasteiger partial charge in [-0.2, -0.15) is 0 Å². The molecule has 148 valence electrons. The van der Waals surface area contributed by atoms with E-state index < -0.39 is 5.97 Å². The molecule has 0 aliphatic heterocycles. The number of carbonyl (C=O) groups is 1. The summed E-state index contributed by atoms with van der Waals surface area (Å²) in [4.78, 5) is 12.1. The monoisotopic (exact) mass is 390 g/mol. The topological polar surface area (TPSA) is 54.0 Å². The summed E-state index contributed by atoms with van der Waals surface area (Å²) in [5.41, 5.74) is 2.03. The minimum Gasteiger partial charge on any atom is -0.497 e. The molecule has 0 fully saturated rings. The lowest BCUT2D eigenvalue weighted by Crippen LogP contribution is -2.18. The third kappa shape index (κ3) is 5.87. The van der Waals surface area contributed by atoms with Crippen molar-refractivity contribution in [3.05, 3.63) is 83.9 Å². The lowest BCUT2D eigenvalue weighted by atomic mass is 10.1. The lowest BCUT2D eigenvalue weighted by molar-refractivity contribution is -0.136. The van der Waals surface area contributed by atoms with E-state index in [1.807, 2.05) is 54.6 Å². The summed E-state index contributed by atoms with van der Waals surface area (Å²) in [6, 6.07) is 22.3. The average molecular weight is 390 g/mol. The van der Waals surface area contributed by atoms with Crippen LogP contribution in [0, 0.1) is 0 Å². The van der Waals surface area contributed by atoms with E-state index in [1.165, 1.54) is 7.11 Å². The average Bonchev–Trinajstić information content (AvgIpc) is 2.78. The van der Waals surface area contributed by atoms with Gasteiger partial charge in [0.05, 0.1) is 14.2 Å². The third-order valence-electron chi connectivity index (χ3n) is 4.10. The second-order valence-electron chi connectivity index (χ2n) is 6.09. The second-order valence-corrected chi connectivity index (χ2v) is 6.09. The van der Waals surface area contributed by atoms with E-state index in [1.54, 1.807) is 37.4 Å². The fourth-order valence-electron chi connectivity index (χ4n) is 2.60. The third-order valence-corrected chi connectivity index (χ3v) is 4.10. The summed E-state index contributed by atoms with van der Waals surface area (Å²) < 4.78 is 21.3. The highest BCUT2D eigenvalue weighted by Crippen LogP contribution is 2.29. The van der Waals surface area contributed by atoms with E-state index in [-0.39, 0.29) is 6.61 Å². The Kier molecular flexibility index (Phi) is 6.90. The normalized spacial score (nSPS) is 10.6. The highest BCUT2D eigenvalue weighted by Gasteiger charge is 2.11. The van der Waals surface area contributed by atoms with E-state index in [2.05, 4.69) is 0 Å². The van der Waals surface area contributed by atoms with Gasteiger partial charge in [0.2, 0.25) is 0 Å². The van der Waals surface area contributed by atoms with Gasteiger partial charge in [-0.1, -0.05) is 48.6 Å². The molecule has 29 heavy (non-hydrogen) atoms. The summed E-state index contributed by atoms with van der Waals surface area (Å²) in [5.74, 6) is 1.56. The van der Waals surface area contributed by atoms with Gasteiger partial charge in [0.1, 0.15) is 11.5 Å². The van der Waals surface area contributed by atoms with Crippen LogP contribution in [0.4, 0.5) is 0 Å². The molecule has 0 N–H and O–H groups in total. The standard InChI is InChI=1S/C24H22O5/c1-26-20-11-13-21(14-12-20)28-17-24(25)29-22-15-10-19(16-23(22)27-2)9-8-18-6-4-3-5-7-18/h3-16H,17H2,1-2H3. The zero-order valence-corrected chi connectivity index (χ0v) is 16.3. The molecule has 0 aliphatic carbocycles. The van der Waals surface area contributed by atoms with Crippen molar-refractivity contribution in [2.45, 2.75) is 0 Å². The first-order valence-electron chi connectivity index (χ1n) is 9.06. The van der Waals surface area contributed by atoms with Crippen molar-refractivity contribution < 1.29 is 23.7 Å². The highest BCUT2D eigenvalue weighted by atomic mass is 16.6. The number of hydrogen-bond donors (Lipinski definition) is 0. The van der Waals surface area contributed by atoms with Crippen LogP contribution < -0.4 is 18.9 Å². The van der Waals surface area contributed by atoms with Crippen LogP contribution in [-0.2, 0) is 4.79 Å². The lowest BCUT2D eigenvalue weighted by Gasteiger charge is -2.11. The largest absolute Gasteiger partial charge is 0.497 e. The van der Waals surface area contributed by atoms with Crippen LogP contribution in [0.1, 0.15) is 11.1 Å². The Hall–Kier alpha value is -3.73. The molecule has 0 aliphatic rings. The van der Waals surface area contributed by atoms with E-state index in [9.17, 15) is 4.79 Å². The van der Waals surface area contributed by atoms with E-state index in [0.717, 1.165) is 11.1 Å². The van der Waals surface area contributed by atoms with Gasteiger partial charge in [0, 0.05) is 0 Å². The minimum atomic E-state index is -0.522. The van der Waals surface area contributed by atoms with Crippen LogP contribution in [0.3, 0.4) is 0 Å². The maximum absolute atomic E-state index is 12.1. The number of rotatable bonds is 8. The quantitative estimate of drug-likeness (QED) is 0.312. The molecule has 0 saturated heterocycles. The van der Waals surface area contributed by atoms with Gasteiger partial charge in [-0.05, 0) is 47.5 Å². The molecule has 3 aromatic carbocycles. The Bertz CT molecular complexity index is 962. The zero-order valence-electron chi connectivity index (χ0n) is 16.3. The van der Waals surface area contributed by atoms with E-state index in [4.69, 9.17) is 18.9 Å². The second kappa shape index (κ2) is 9.99. The van der Waals surface area contributed by atoms with Gasteiger partial charge in [0.25, 0.3) is 0 Å². The number of ether oxygens (including phenoxy) is 4. The van der Waals surface area contributed by atoms with E-state index in [0.29, 0.717) is 23.0 Å². The van der Waals surface area contributed by atoms with Crippen molar-refractivity contribution in [3.8, 4) is 23.0 Å². The van der Waals surface area contributed by atoms with Gasteiger partial charge >= 0.3 is 5.97 Å².